The maximum absolute atomic E-state index is 13.0. The fourth-order valence-electron chi connectivity index (χ4n) is 3.81. The Morgan fingerprint density at radius 3 is 2.41 bits per heavy atom. The van der Waals surface area contributed by atoms with Gasteiger partial charge in [-0.1, -0.05) is 19.9 Å². The quantitative estimate of drug-likeness (QED) is 0.677. The van der Waals surface area contributed by atoms with E-state index in [1.165, 1.54) is 0 Å². The standard InChI is InChI=1S/C23H25N3O3/c1-23(2)13-19-21(20(27)14-23)22(24-15-6-5-7-18(12-15)29-4)25-26(19)16-8-10-17(28-3)11-9-16/h5-12H,13-14H2,1-4H3,(H,24,25). The van der Waals surface area contributed by atoms with Crippen LogP contribution in [0.15, 0.2) is 48.5 Å². The second kappa shape index (κ2) is 7.28. The molecule has 1 heterocycles. The molecule has 0 atom stereocenters. The number of nitrogens with zero attached hydrogens (tertiary/aromatic N) is 2. The van der Waals surface area contributed by atoms with Gasteiger partial charge in [-0.05, 0) is 48.2 Å². The van der Waals surface area contributed by atoms with Crippen LogP contribution in [0.1, 0.15) is 36.3 Å². The fourth-order valence-corrected chi connectivity index (χ4v) is 3.81. The summed E-state index contributed by atoms with van der Waals surface area (Å²) in [5, 5.41) is 8.11. The van der Waals surface area contributed by atoms with Crippen molar-refractivity contribution in [2.45, 2.75) is 26.7 Å². The Morgan fingerprint density at radius 2 is 1.72 bits per heavy atom. The van der Waals surface area contributed by atoms with Gasteiger partial charge in [0.15, 0.2) is 11.6 Å². The first kappa shape index (κ1) is 19.1. The number of anilines is 2. The van der Waals surface area contributed by atoms with Crippen LogP contribution in [0.2, 0.25) is 0 Å². The number of carbonyl (C=O) groups excluding carboxylic acids is 1. The average Bonchev–Trinajstić information content (AvgIpc) is 3.05. The highest BCUT2D eigenvalue weighted by atomic mass is 16.5. The zero-order valence-corrected chi connectivity index (χ0v) is 17.2. The lowest BCUT2D eigenvalue weighted by atomic mass is 9.76. The molecule has 0 amide bonds. The lowest BCUT2D eigenvalue weighted by Gasteiger charge is -2.29. The maximum atomic E-state index is 13.0. The van der Waals surface area contributed by atoms with Gasteiger partial charge in [0.2, 0.25) is 0 Å². The molecule has 0 saturated heterocycles. The number of fused-ring (bicyclic) bond motifs is 1. The zero-order valence-electron chi connectivity index (χ0n) is 17.2. The highest BCUT2D eigenvalue weighted by Crippen LogP contribution is 2.39. The molecule has 1 aliphatic rings. The Kier molecular flexibility index (Phi) is 4.78. The van der Waals surface area contributed by atoms with Gasteiger partial charge in [0.1, 0.15) is 11.5 Å². The van der Waals surface area contributed by atoms with Crippen LogP contribution in [-0.2, 0) is 6.42 Å². The number of nitrogens with one attached hydrogen (secondary N) is 1. The lowest BCUT2D eigenvalue weighted by Crippen LogP contribution is -2.28. The van der Waals surface area contributed by atoms with Crippen LogP contribution in [-0.4, -0.2) is 29.8 Å². The smallest absolute Gasteiger partial charge is 0.169 e. The minimum absolute atomic E-state index is 0.110. The predicted octanol–water partition coefficient (Wildman–Crippen LogP) is 4.79. The minimum Gasteiger partial charge on any atom is -0.497 e. The van der Waals surface area contributed by atoms with Crippen molar-refractivity contribution in [1.29, 1.82) is 0 Å². The summed E-state index contributed by atoms with van der Waals surface area (Å²) in [5.41, 5.74) is 3.21. The molecule has 1 aliphatic carbocycles. The summed E-state index contributed by atoms with van der Waals surface area (Å²) in [7, 11) is 3.27. The summed E-state index contributed by atoms with van der Waals surface area (Å²) in [5.74, 6) is 2.21. The highest BCUT2D eigenvalue weighted by Gasteiger charge is 2.37. The topological polar surface area (TPSA) is 65.4 Å². The first-order chi connectivity index (χ1) is 13.9. The molecule has 6 heteroatoms. The molecule has 150 valence electrons. The number of Topliss-reactive ketones (excluding diaryl/α,β-unsaturated/α-hetero) is 1. The van der Waals surface area contributed by atoms with Gasteiger partial charge < -0.3 is 14.8 Å². The largest absolute Gasteiger partial charge is 0.497 e. The summed E-state index contributed by atoms with van der Waals surface area (Å²) in [4.78, 5) is 13.0. The fraction of sp³-hybridized carbons (Fsp3) is 0.304. The molecule has 29 heavy (non-hydrogen) atoms. The van der Waals surface area contributed by atoms with Crippen LogP contribution in [0.25, 0.3) is 5.69 Å². The normalized spacial score (nSPS) is 15.0. The summed E-state index contributed by atoms with van der Waals surface area (Å²) in [6.07, 6.45) is 1.27. The number of ether oxygens (including phenoxy) is 2. The number of rotatable bonds is 5. The Balaban J connectivity index is 1.81. The van der Waals surface area contributed by atoms with E-state index in [1.807, 2.05) is 53.2 Å². The van der Waals surface area contributed by atoms with Gasteiger partial charge in [-0.2, -0.15) is 0 Å². The summed E-state index contributed by atoms with van der Waals surface area (Å²) < 4.78 is 12.4. The monoisotopic (exact) mass is 391 g/mol. The summed E-state index contributed by atoms with van der Waals surface area (Å²) in [6.45, 7) is 4.24. The Morgan fingerprint density at radius 1 is 1.00 bits per heavy atom. The second-order valence-electron chi connectivity index (χ2n) is 8.08. The molecule has 1 N–H and O–H groups in total. The number of hydrogen-bond acceptors (Lipinski definition) is 5. The van der Waals surface area contributed by atoms with Crippen LogP contribution in [0.4, 0.5) is 11.5 Å². The maximum Gasteiger partial charge on any atom is 0.169 e. The van der Waals surface area contributed by atoms with Crippen LogP contribution < -0.4 is 14.8 Å². The van der Waals surface area contributed by atoms with Gasteiger partial charge in [0, 0.05) is 18.2 Å². The summed E-state index contributed by atoms with van der Waals surface area (Å²) >= 11 is 0. The first-order valence-electron chi connectivity index (χ1n) is 9.61. The van der Waals surface area contributed by atoms with Crippen LogP contribution in [0.3, 0.4) is 0 Å². The van der Waals surface area contributed by atoms with E-state index in [2.05, 4.69) is 19.2 Å². The van der Waals surface area contributed by atoms with Gasteiger partial charge in [-0.25, -0.2) is 4.68 Å². The molecule has 0 fully saturated rings. The number of hydrogen-bond donors (Lipinski definition) is 1. The van der Waals surface area contributed by atoms with Gasteiger partial charge in [0.25, 0.3) is 0 Å². The van der Waals surface area contributed by atoms with E-state index in [9.17, 15) is 4.79 Å². The van der Waals surface area contributed by atoms with Crippen molar-refractivity contribution < 1.29 is 14.3 Å². The van der Waals surface area contributed by atoms with Crippen molar-refractivity contribution in [2.75, 3.05) is 19.5 Å². The minimum atomic E-state index is -0.110. The number of aromatic nitrogens is 2. The SMILES string of the molecule is COc1ccc(-n2nc(Nc3cccc(OC)c3)c3c2CC(C)(C)CC3=O)cc1. The van der Waals surface area contributed by atoms with Crippen molar-refractivity contribution in [1.82, 2.24) is 9.78 Å². The number of methoxy groups -OCH3 is 2. The Bertz CT molecular complexity index is 1050. The predicted molar refractivity (Wildman–Crippen MR) is 113 cm³/mol. The molecule has 4 rings (SSSR count). The number of benzene rings is 2. The molecule has 2 aromatic carbocycles. The third kappa shape index (κ3) is 3.70. The third-order valence-electron chi connectivity index (χ3n) is 5.19. The van der Waals surface area contributed by atoms with Crippen molar-refractivity contribution in [3.05, 3.63) is 59.8 Å². The molecule has 0 unspecified atom stereocenters. The van der Waals surface area contributed by atoms with Gasteiger partial charge >= 0.3 is 0 Å². The van der Waals surface area contributed by atoms with E-state index in [0.29, 0.717) is 17.8 Å². The average molecular weight is 391 g/mol. The molecular formula is C23H25N3O3. The lowest BCUT2D eigenvalue weighted by molar-refractivity contribution is 0.0912. The van der Waals surface area contributed by atoms with Gasteiger partial charge in [-0.15, -0.1) is 5.10 Å². The molecule has 6 nitrogen and oxygen atoms in total. The molecule has 0 radical (unpaired) electrons. The molecule has 3 aromatic rings. The van der Waals surface area contributed by atoms with E-state index in [4.69, 9.17) is 14.6 Å². The van der Waals surface area contributed by atoms with Crippen LogP contribution in [0.5, 0.6) is 11.5 Å². The van der Waals surface area contributed by atoms with E-state index in [0.717, 1.165) is 35.0 Å². The van der Waals surface area contributed by atoms with E-state index < -0.39 is 0 Å². The molecule has 1 aromatic heterocycles. The van der Waals surface area contributed by atoms with Crippen LogP contribution >= 0.6 is 0 Å². The Hall–Kier alpha value is -3.28. The van der Waals surface area contributed by atoms with Crippen molar-refractivity contribution in [3.63, 3.8) is 0 Å². The summed E-state index contributed by atoms with van der Waals surface area (Å²) in [6, 6.07) is 15.3. The highest BCUT2D eigenvalue weighted by molar-refractivity contribution is 6.03. The van der Waals surface area contributed by atoms with Crippen molar-refractivity contribution >= 4 is 17.3 Å². The molecule has 0 saturated carbocycles. The van der Waals surface area contributed by atoms with Crippen molar-refractivity contribution in [2.24, 2.45) is 5.41 Å². The van der Waals surface area contributed by atoms with Gasteiger partial charge in [0.05, 0.1) is 31.2 Å². The second-order valence-corrected chi connectivity index (χ2v) is 8.08. The van der Waals surface area contributed by atoms with Gasteiger partial charge in [-0.3, -0.25) is 4.79 Å². The molecule has 0 aliphatic heterocycles. The van der Waals surface area contributed by atoms with Crippen molar-refractivity contribution in [3.8, 4) is 17.2 Å². The Labute approximate surface area is 170 Å². The van der Waals surface area contributed by atoms with E-state index in [1.54, 1.807) is 14.2 Å². The molecule has 0 spiro atoms. The number of ketones is 1. The molecular weight excluding hydrogens is 366 g/mol. The van der Waals surface area contributed by atoms with E-state index in [-0.39, 0.29) is 11.2 Å². The third-order valence-corrected chi connectivity index (χ3v) is 5.19. The van der Waals surface area contributed by atoms with E-state index >= 15 is 0 Å². The first-order valence-corrected chi connectivity index (χ1v) is 9.61. The molecule has 0 bridgehead atoms. The van der Waals surface area contributed by atoms with Crippen LogP contribution in [0, 0.1) is 5.41 Å². The number of carbonyl (C=O) groups is 1. The zero-order chi connectivity index (χ0) is 20.6.